The summed E-state index contributed by atoms with van der Waals surface area (Å²) in [6.45, 7) is 5.58. The maximum absolute atomic E-state index is 13.7. The molecule has 2 rings (SSSR count). The van der Waals surface area contributed by atoms with Gasteiger partial charge in [-0.1, -0.05) is 15.9 Å². The fraction of sp³-hybridized carbons (Fsp3) is 0.333. The van der Waals surface area contributed by atoms with E-state index in [1.165, 1.54) is 6.07 Å². The lowest BCUT2D eigenvalue weighted by atomic mass is 9.98. The molecule has 1 aromatic heterocycles. The van der Waals surface area contributed by atoms with Crippen molar-refractivity contribution in [3.63, 3.8) is 0 Å². The van der Waals surface area contributed by atoms with Crippen molar-refractivity contribution in [2.75, 3.05) is 0 Å². The fourth-order valence-corrected chi connectivity index (χ4v) is 2.72. The van der Waals surface area contributed by atoms with Crippen molar-refractivity contribution in [2.45, 2.75) is 33.3 Å². The second-order valence-corrected chi connectivity index (χ2v) is 5.62. The van der Waals surface area contributed by atoms with E-state index < -0.39 is 6.10 Å². The van der Waals surface area contributed by atoms with Crippen LogP contribution in [0.4, 0.5) is 4.39 Å². The number of benzene rings is 1. The topological polar surface area (TPSA) is 33.4 Å². The summed E-state index contributed by atoms with van der Waals surface area (Å²) in [4.78, 5) is 0. The van der Waals surface area contributed by atoms with Crippen molar-refractivity contribution < 1.29 is 13.9 Å². The third-order valence-corrected chi connectivity index (χ3v) is 3.87. The van der Waals surface area contributed by atoms with Gasteiger partial charge in [-0.15, -0.1) is 0 Å². The van der Waals surface area contributed by atoms with Gasteiger partial charge in [0.05, 0.1) is 6.10 Å². The molecule has 1 aromatic carbocycles. The highest BCUT2D eigenvalue weighted by molar-refractivity contribution is 9.10. The van der Waals surface area contributed by atoms with Crippen LogP contribution in [0.1, 0.15) is 34.3 Å². The van der Waals surface area contributed by atoms with Crippen molar-refractivity contribution in [3.8, 4) is 0 Å². The van der Waals surface area contributed by atoms with Gasteiger partial charge in [0.2, 0.25) is 0 Å². The summed E-state index contributed by atoms with van der Waals surface area (Å²) in [6.07, 6.45) is -0.535. The van der Waals surface area contributed by atoms with Gasteiger partial charge in [-0.2, -0.15) is 0 Å². The largest absolute Gasteiger partial charge is 0.466 e. The van der Waals surface area contributed by atoms with Crippen molar-refractivity contribution in [1.82, 2.24) is 0 Å². The van der Waals surface area contributed by atoms with Gasteiger partial charge >= 0.3 is 0 Å². The van der Waals surface area contributed by atoms with Crippen molar-refractivity contribution in [1.29, 1.82) is 0 Å². The Labute approximate surface area is 120 Å². The first kappa shape index (κ1) is 14.3. The van der Waals surface area contributed by atoms with E-state index in [-0.39, 0.29) is 12.2 Å². The molecule has 0 fully saturated rings. The van der Waals surface area contributed by atoms with Crippen LogP contribution in [0.25, 0.3) is 0 Å². The minimum Gasteiger partial charge on any atom is -0.466 e. The molecule has 0 spiro atoms. The SMILES string of the molecule is Cc1oc(C)c(C(O)Cc2cc(Br)ccc2F)c1C. The smallest absolute Gasteiger partial charge is 0.126 e. The molecule has 1 heterocycles. The van der Waals surface area contributed by atoms with Gasteiger partial charge in [-0.25, -0.2) is 4.39 Å². The molecule has 0 aliphatic carbocycles. The molecule has 1 unspecified atom stereocenters. The number of furan rings is 1. The van der Waals surface area contributed by atoms with Crippen LogP contribution in [0.5, 0.6) is 0 Å². The molecule has 0 amide bonds. The van der Waals surface area contributed by atoms with E-state index in [1.807, 2.05) is 20.8 Å². The summed E-state index contributed by atoms with van der Waals surface area (Å²) in [7, 11) is 0. The lowest BCUT2D eigenvalue weighted by Gasteiger charge is -2.12. The predicted octanol–water partition coefficient (Wildman–Crippen LogP) is 4.38. The summed E-state index contributed by atoms with van der Waals surface area (Å²) in [5.41, 5.74) is 2.18. The first-order chi connectivity index (χ1) is 8.90. The first-order valence-corrected chi connectivity index (χ1v) is 6.88. The molecule has 0 aliphatic heterocycles. The molecule has 1 N–H and O–H groups in total. The van der Waals surface area contributed by atoms with Crippen LogP contribution in [0.15, 0.2) is 27.1 Å². The number of hydrogen-bond acceptors (Lipinski definition) is 2. The Kier molecular flexibility index (Phi) is 4.11. The molecule has 1 atom stereocenters. The average molecular weight is 327 g/mol. The molecule has 4 heteroatoms. The van der Waals surface area contributed by atoms with Gasteiger partial charge in [0.1, 0.15) is 17.3 Å². The Balaban J connectivity index is 2.30. The molecule has 0 saturated heterocycles. The van der Waals surface area contributed by atoms with Crippen LogP contribution >= 0.6 is 15.9 Å². The number of hydrogen-bond donors (Lipinski definition) is 1. The molecule has 0 saturated carbocycles. The van der Waals surface area contributed by atoms with E-state index in [9.17, 15) is 9.50 Å². The summed E-state index contributed by atoms with van der Waals surface area (Å²) in [5.74, 6) is 1.18. The van der Waals surface area contributed by atoms with Crippen molar-refractivity contribution in [3.05, 3.63) is 56.7 Å². The van der Waals surface area contributed by atoms with Gasteiger partial charge in [0, 0.05) is 16.5 Å². The monoisotopic (exact) mass is 326 g/mol. The normalized spacial score (nSPS) is 12.7. The third-order valence-electron chi connectivity index (χ3n) is 3.37. The van der Waals surface area contributed by atoms with Crippen molar-refractivity contribution >= 4 is 15.9 Å². The van der Waals surface area contributed by atoms with Crippen LogP contribution in [0.2, 0.25) is 0 Å². The highest BCUT2D eigenvalue weighted by Crippen LogP contribution is 2.30. The van der Waals surface area contributed by atoms with Crippen molar-refractivity contribution in [2.24, 2.45) is 0 Å². The number of halogens is 2. The minimum atomic E-state index is -0.763. The quantitative estimate of drug-likeness (QED) is 0.907. The molecule has 2 aromatic rings. The van der Waals surface area contributed by atoms with Gasteiger partial charge in [0.15, 0.2) is 0 Å². The van der Waals surface area contributed by atoms with Gasteiger partial charge in [0.25, 0.3) is 0 Å². The highest BCUT2D eigenvalue weighted by atomic mass is 79.9. The molecule has 19 heavy (non-hydrogen) atoms. The second-order valence-electron chi connectivity index (χ2n) is 4.71. The first-order valence-electron chi connectivity index (χ1n) is 6.08. The predicted molar refractivity (Wildman–Crippen MR) is 75.7 cm³/mol. The average Bonchev–Trinajstić information content (AvgIpc) is 2.58. The second kappa shape index (κ2) is 5.47. The molecular formula is C15H16BrFO2. The number of aryl methyl sites for hydroxylation is 2. The Hall–Kier alpha value is -1.13. The standard InChI is InChI=1S/C15H16BrFO2/c1-8-9(2)19-10(3)15(8)14(18)7-11-6-12(16)4-5-13(11)17/h4-6,14,18H,7H2,1-3H3. The Morgan fingerprint density at radius 3 is 2.53 bits per heavy atom. The zero-order valence-corrected chi connectivity index (χ0v) is 12.7. The maximum atomic E-state index is 13.7. The van der Waals surface area contributed by atoms with Crippen LogP contribution in [-0.2, 0) is 6.42 Å². The molecular weight excluding hydrogens is 311 g/mol. The summed E-state index contributed by atoms with van der Waals surface area (Å²) in [5, 5.41) is 10.3. The van der Waals surface area contributed by atoms with Gasteiger partial charge < -0.3 is 9.52 Å². The molecule has 102 valence electrons. The van der Waals surface area contributed by atoms with E-state index in [1.54, 1.807) is 12.1 Å². The molecule has 0 aliphatic rings. The van der Waals surface area contributed by atoms with Crippen LogP contribution < -0.4 is 0 Å². The maximum Gasteiger partial charge on any atom is 0.126 e. The lowest BCUT2D eigenvalue weighted by Crippen LogP contribution is -2.05. The Morgan fingerprint density at radius 1 is 1.26 bits per heavy atom. The zero-order valence-electron chi connectivity index (χ0n) is 11.1. The zero-order chi connectivity index (χ0) is 14.2. The van der Waals surface area contributed by atoms with Gasteiger partial charge in [-0.05, 0) is 50.1 Å². The van der Waals surface area contributed by atoms with E-state index in [2.05, 4.69) is 15.9 Å². The van der Waals surface area contributed by atoms with Gasteiger partial charge in [-0.3, -0.25) is 0 Å². The highest BCUT2D eigenvalue weighted by Gasteiger charge is 2.20. The van der Waals surface area contributed by atoms with E-state index in [0.717, 1.165) is 21.4 Å². The molecule has 2 nitrogen and oxygen atoms in total. The van der Waals surface area contributed by atoms with E-state index >= 15 is 0 Å². The lowest BCUT2D eigenvalue weighted by molar-refractivity contribution is 0.174. The number of aliphatic hydroxyl groups is 1. The Bertz CT molecular complexity index is 604. The third kappa shape index (κ3) is 2.90. The van der Waals surface area contributed by atoms with E-state index in [0.29, 0.717) is 11.3 Å². The van der Waals surface area contributed by atoms with Crippen LogP contribution in [-0.4, -0.2) is 5.11 Å². The van der Waals surface area contributed by atoms with E-state index in [4.69, 9.17) is 4.42 Å². The molecule has 0 bridgehead atoms. The van der Waals surface area contributed by atoms with Crippen LogP contribution in [0.3, 0.4) is 0 Å². The Morgan fingerprint density at radius 2 is 1.95 bits per heavy atom. The summed E-state index contributed by atoms with van der Waals surface area (Å²) < 4.78 is 20.0. The number of rotatable bonds is 3. The van der Waals surface area contributed by atoms with Crippen LogP contribution in [0, 0.1) is 26.6 Å². The summed E-state index contributed by atoms with van der Waals surface area (Å²) >= 11 is 3.31. The molecule has 0 radical (unpaired) electrons. The fourth-order valence-electron chi connectivity index (χ4n) is 2.31. The summed E-state index contributed by atoms with van der Waals surface area (Å²) in [6, 6.07) is 4.73. The number of aliphatic hydroxyl groups excluding tert-OH is 1. The minimum absolute atomic E-state index is 0.228.